The van der Waals surface area contributed by atoms with Gasteiger partial charge in [0, 0.05) is 10.2 Å². The molecular weight excluding hydrogens is 333 g/mol. The van der Waals surface area contributed by atoms with Gasteiger partial charge in [-0.05, 0) is 42.0 Å². The standard InChI is InChI=1S/C13H11BrFNO2S/c14-10-2-5-12(6-3-10)19(17,18)8-9-1-4-11(15)7-13(9)16/h1-7H,8,16H2. The van der Waals surface area contributed by atoms with Crippen molar-refractivity contribution in [2.75, 3.05) is 5.73 Å². The van der Waals surface area contributed by atoms with Crippen LogP contribution in [0.4, 0.5) is 10.1 Å². The molecule has 0 aromatic heterocycles. The first-order valence-electron chi connectivity index (χ1n) is 5.41. The van der Waals surface area contributed by atoms with Crippen LogP contribution in [0.1, 0.15) is 5.56 Å². The van der Waals surface area contributed by atoms with Crippen molar-refractivity contribution in [2.45, 2.75) is 10.6 Å². The Bertz CT molecular complexity index is 699. The first-order chi connectivity index (χ1) is 8.88. The van der Waals surface area contributed by atoms with Gasteiger partial charge in [-0.3, -0.25) is 0 Å². The molecule has 2 aromatic rings. The number of anilines is 1. The van der Waals surface area contributed by atoms with E-state index in [1.165, 1.54) is 24.3 Å². The van der Waals surface area contributed by atoms with Gasteiger partial charge in [-0.25, -0.2) is 12.8 Å². The molecule has 0 saturated heterocycles. The van der Waals surface area contributed by atoms with Crippen LogP contribution in [0.5, 0.6) is 0 Å². The summed E-state index contributed by atoms with van der Waals surface area (Å²) in [7, 11) is -3.49. The molecule has 0 saturated carbocycles. The largest absolute Gasteiger partial charge is 0.398 e. The summed E-state index contributed by atoms with van der Waals surface area (Å²) in [5.74, 6) is -0.733. The lowest BCUT2D eigenvalue weighted by atomic mass is 10.2. The van der Waals surface area contributed by atoms with Crippen molar-refractivity contribution in [3.8, 4) is 0 Å². The van der Waals surface area contributed by atoms with Gasteiger partial charge in [-0.2, -0.15) is 0 Å². The fourth-order valence-electron chi connectivity index (χ4n) is 1.63. The zero-order valence-electron chi connectivity index (χ0n) is 9.81. The maximum Gasteiger partial charge on any atom is 0.182 e. The molecule has 0 radical (unpaired) electrons. The monoisotopic (exact) mass is 343 g/mol. The number of rotatable bonds is 3. The first-order valence-corrected chi connectivity index (χ1v) is 7.85. The highest BCUT2D eigenvalue weighted by Crippen LogP contribution is 2.22. The van der Waals surface area contributed by atoms with E-state index in [1.54, 1.807) is 12.1 Å². The third kappa shape index (κ3) is 3.33. The smallest absolute Gasteiger partial charge is 0.182 e. The predicted molar refractivity (Wildman–Crippen MR) is 75.8 cm³/mol. The van der Waals surface area contributed by atoms with Crippen LogP contribution in [0.25, 0.3) is 0 Å². The summed E-state index contributed by atoms with van der Waals surface area (Å²) in [5, 5.41) is 0. The van der Waals surface area contributed by atoms with Gasteiger partial charge in [-0.1, -0.05) is 22.0 Å². The van der Waals surface area contributed by atoms with Crippen molar-refractivity contribution in [3.05, 3.63) is 58.3 Å². The first kappa shape index (κ1) is 14.0. The van der Waals surface area contributed by atoms with Crippen LogP contribution in [0.3, 0.4) is 0 Å². The van der Waals surface area contributed by atoms with E-state index in [1.807, 2.05) is 0 Å². The molecule has 0 unspecified atom stereocenters. The number of benzene rings is 2. The quantitative estimate of drug-likeness (QED) is 0.871. The summed E-state index contributed by atoms with van der Waals surface area (Å²) in [6.45, 7) is 0. The van der Waals surface area contributed by atoms with Crippen LogP contribution < -0.4 is 5.73 Å². The molecule has 2 rings (SSSR count). The summed E-state index contributed by atoms with van der Waals surface area (Å²) < 4.78 is 38.1. The highest BCUT2D eigenvalue weighted by atomic mass is 79.9. The molecule has 0 aliphatic heterocycles. The van der Waals surface area contributed by atoms with E-state index < -0.39 is 15.7 Å². The molecule has 19 heavy (non-hydrogen) atoms. The Morgan fingerprint density at radius 1 is 1.11 bits per heavy atom. The van der Waals surface area contributed by atoms with Gasteiger partial charge in [0.25, 0.3) is 0 Å². The van der Waals surface area contributed by atoms with Gasteiger partial charge in [0.05, 0.1) is 10.6 Å². The number of hydrogen-bond donors (Lipinski definition) is 1. The normalized spacial score (nSPS) is 11.5. The minimum absolute atomic E-state index is 0.140. The van der Waals surface area contributed by atoms with Crippen molar-refractivity contribution in [1.82, 2.24) is 0 Å². The zero-order valence-corrected chi connectivity index (χ0v) is 12.2. The molecule has 6 heteroatoms. The van der Waals surface area contributed by atoms with Crippen molar-refractivity contribution in [3.63, 3.8) is 0 Å². The number of halogens is 2. The molecule has 0 fully saturated rings. The Balaban J connectivity index is 2.33. The highest BCUT2D eigenvalue weighted by Gasteiger charge is 2.16. The van der Waals surface area contributed by atoms with Crippen molar-refractivity contribution in [2.24, 2.45) is 0 Å². The van der Waals surface area contributed by atoms with Crippen LogP contribution in [-0.4, -0.2) is 8.42 Å². The second kappa shape index (κ2) is 5.30. The van der Waals surface area contributed by atoms with Crippen LogP contribution in [0.15, 0.2) is 51.8 Å². The number of nitrogen functional groups attached to an aromatic ring is 1. The van der Waals surface area contributed by atoms with E-state index in [4.69, 9.17) is 5.73 Å². The van der Waals surface area contributed by atoms with Gasteiger partial charge >= 0.3 is 0 Å². The lowest BCUT2D eigenvalue weighted by Crippen LogP contribution is -2.07. The maximum absolute atomic E-state index is 12.9. The summed E-state index contributed by atoms with van der Waals surface area (Å²) >= 11 is 3.24. The molecule has 2 aromatic carbocycles. The van der Waals surface area contributed by atoms with E-state index >= 15 is 0 Å². The molecule has 100 valence electrons. The van der Waals surface area contributed by atoms with Crippen LogP contribution in [0, 0.1) is 5.82 Å². The minimum Gasteiger partial charge on any atom is -0.398 e. The predicted octanol–water partition coefficient (Wildman–Crippen LogP) is 3.14. The number of nitrogens with two attached hydrogens (primary N) is 1. The SMILES string of the molecule is Nc1cc(F)ccc1CS(=O)(=O)c1ccc(Br)cc1. The highest BCUT2D eigenvalue weighted by molar-refractivity contribution is 9.10. The second-order valence-electron chi connectivity index (χ2n) is 4.06. The number of hydrogen-bond acceptors (Lipinski definition) is 3. The van der Waals surface area contributed by atoms with Gasteiger partial charge in [-0.15, -0.1) is 0 Å². The van der Waals surface area contributed by atoms with E-state index in [2.05, 4.69) is 15.9 Å². The Morgan fingerprint density at radius 2 is 1.74 bits per heavy atom. The summed E-state index contributed by atoms with van der Waals surface area (Å²) in [5.41, 5.74) is 6.15. The van der Waals surface area contributed by atoms with Crippen LogP contribution >= 0.6 is 15.9 Å². The van der Waals surface area contributed by atoms with Crippen LogP contribution in [0.2, 0.25) is 0 Å². The Morgan fingerprint density at radius 3 is 2.32 bits per heavy atom. The average Bonchev–Trinajstić information content (AvgIpc) is 2.33. The van der Waals surface area contributed by atoms with E-state index in [-0.39, 0.29) is 16.3 Å². The fraction of sp³-hybridized carbons (Fsp3) is 0.0769. The molecule has 0 spiro atoms. The molecule has 0 atom stereocenters. The molecule has 0 aliphatic carbocycles. The van der Waals surface area contributed by atoms with Crippen LogP contribution in [-0.2, 0) is 15.6 Å². The topological polar surface area (TPSA) is 60.2 Å². The molecule has 0 heterocycles. The third-order valence-corrected chi connectivity index (χ3v) is 4.84. The Labute approximate surface area is 119 Å². The lowest BCUT2D eigenvalue weighted by Gasteiger charge is -2.07. The molecule has 3 nitrogen and oxygen atoms in total. The zero-order chi connectivity index (χ0) is 14.0. The Hall–Kier alpha value is -1.40. The van der Waals surface area contributed by atoms with Gasteiger partial charge < -0.3 is 5.73 Å². The molecular formula is C13H11BrFNO2S. The summed E-state index contributed by atoms with van der Waals surface area (Å²) in [6, 6.07) is 10.0. The summed E-state index contributed by atoms with van der Waals surface area (Å²) in [4.78, 5) is 0.208. The van der Waals surface area contributed by atoms with E-state index in [9.17, 15) is 12.8 Å². The maximum atomic E-state index is 12.9. The van der Waals surface area contributed by atoms with Gasteiger partial charge in [0.2, 0.25) is 0 Å². The Kier molecular flexibility index (Phi) is 3.91. The van der Waals surface area contributed by atoms with Gasteiger partial charge in [0.1, 0.15) is 5.82 Å². The molecule has 0 amide bonds. The molecule has 0 aliphatic rings. The minimum atomic E-state index is -3.49. The van der Waals surface area contributed by atoms with Gasteiger partial charge in [0.15, 0.2) is 9.84 Å². The third-order valence-electron chi connectivity index (χ3n) is 2.63. The van der Waals surface area contributed by atoms with Crippen molar-refractivity contribution in [1.29, 1.82) is 0 Å². The van der Waals surface area contributed by atoms with E-state index in [0.717, 1.165) is 10.5 Å². The molecule has 2 N–H and O–H groups in total. The fourth-order valence-corrected chi connectivity index (χ4v) is 3.28. The lowest BCUT2D eigenvalue weighted by molar-refractivity contribution is 0.595. The summed E-state index contributed by atoms with van der Waals surface area (Å²) in [6.07, 6.45) is 0. The average molecular weight is 344 g/mol. The van der Waals surface area contributed by atoms with Crippen molar-refractivity contribution < 1.29 is 12.8 Å². The van der Waals surface area contributed by atoms with Crippen molar-refractivity contribution >= 4 is 31.5 Å². The number of sulfone groups is 1. The van der Waals surface area contributed by atoms with E-state index in [0.29, 0.717) is 5.56 Å². The molecule has 0 bridgehead atoms. The second-order valence-corrected chi connectivity index (χ2v) is 6.96.